The van der Waals surface area contributed by atoms with Crippen molar-refractivity contribution in [3.63, 3.8) is 0 Å². The fourth-order valence-electron chi connectivity index (χ4n) is 0. The molecule has 0 aromatic rings. The fraction of sp³-hybridized carbons (Fsp3) is 0.750. The second-order valence-electron chi connectivity index (χ2n) is 2.95. The monoisotopic (exact) mass is 272 g/mol. The summed E-state index contributed by atoms with van der Waals surface area (Å²) >= 11 is 0. The number of carboxylic acids is 2. The molecule has 0 aliphatic carbocycles. The van der Waals surface area contributed by atoms with Gasteiger partial charge in [0.2, 0.25) is 0 Å². The maximum absolute atomic E-state index is 9.59. The number of rotatable bonds is 2. The summed E-state index contributed by atoms with van der Waals surface area (Å²) in [6.07, 6.45) is 0. The Kier molecular flexibility index (Phi) is 13.8. The maximum atomic E-state index is 9.59. The minimum absolute atomic E-state index is 0. The zero-order valence-electron chi connectivity index (χ0n) is 8.20. The zero-order valence-corrected chi connectivity index (χ0v) is 10.2. The van der Waals surface area contributed by atoms with Crippen LogP contribution in [-0.4, -0.2) is 11.9 Å². The van der Waals surface area contributed by atoms with Gasteiger partial charge in [0.05, 0.1) is 0 Å². The Morgan fingerprint density at radius 1 is 0.846 bits per heavy atom. The average Bonchev–Trinajstić information content (AvgIpc) is 1.88. The van der Waals surface area contributed by atoms with Gasteiger partial charge < -0.3 is 19.8 Å². The molecule has 0 radical (unpaired) electrons. The average molecular weight is 270 g/mol. The fourth-order valence-corrected chi connectivity index (χ4v) is 0. The molecule has 0 rings (SSSR count). The molecule has 0 atom stereocenters. The Morgan fingerprint density at radius 2 is 0.923 bits per heavy atom. The van der Waals surface area contributed by atoms with Crippen molar-refractivity contribution in [2.45, 2.75) is 27.7 Å². The minimum Gasteiger partial charge on any atom is -0.550 e. The van der Waals surface area contributed by atoms with Crippen LogP contribution < -0.4 is 10.2 Å². The smallest absolute Gasteiger partial charge is 0.550 e. The van der Waals surface area contributed by atoms with Gasteiger partial charge in [-0.25, -0.2) is 0 Å². The predicted octanol–water partition coefficient (Wildman–Crippen LogP) is -1.22. The second kappa shape index (κ2) is 9.71. The first kappa shape index (κ1) is 18.4. The van der Waals surface area contributed by atoms with Crippen LogP contribution in [0.15, 0.2) is 0 Å². The Hall–Kier alpha value is -0.372. The summed E-state index contributed by atoms with van der Waals surface area (Å²) in [5.74, 6) is -2.67. The van der Waals surface area contributed by atoms with E-state index >= 15 is 0 Å². The molecule has 0 aliphatic rings. The molecular weight excluding hydrogens is 256 g/mol. The van der Waals surface area contributed by atoms with E-state index in [0.29, 0.717) is 0 Å². The molecule has 0 saturated heterocycles. The molecule has 0 amide bonds. The number of carbonyl (C=O) groups is 2. The quantitative estimate of drug-likeness (QED) is 0.589. The molecule has 0 fully saturated rings. The van der Waals surface area contributed by atoms with Gasteiger partial charge in [0.25, 0.3) is 0 Å². The summed E-state index contributed by atoms with van der Waals surface area (Å²) < 4.78 is 0. The molecule has 0 aliphatic heterocycles. The molecule has 0 aromatic heterocycles. The van der Waals surface area contributed by atoms with Crippen molar-refractivity contribution < 1.29 is 40.9 Å². The maximum Gasteiger partial charge on any atom is 2.00 e. The van der Waals surface area contributed by atoms with E-state index in [1.54, 1.807) is 27.7 Å². The van der Waals surface area contributed by atoms with Gasteiger partial charge in [-0.3, -0.25) is 0 Å². The van der Waals surface area contributed by atoms with Gasteiger partial charge in [0.1, 0.15) is 0 Å². The van der Waals surface area contributed by atoms with Crippen molar-refractivity contribution in [2.75, 3.05) is 0 Å². The van der Waals surface area contributed by atoms with Crippen molar-refractivity contribution in [1.82, 2.24) is 0 Å². The van der Waals surface area contributed by atoms with Crippen LogP contribution in [0.4, 0.5) is 0 Å². The molecule has 76 valence electrons. The summed E-state index contributed by atoms with van der Waals surface area (Å²) in [4.78, 5) is 19.2. The van der Waals surface area contributed by atoms with E-state index in [0.717, 1.165) is 0 Å². The van der Waals surface area contributed by atoms with Crippen LogP contribution in [0.3, 0.4) is 0 Å². The molecule has 13 heavy (non-hydrogen) atoms. The van der Waals surface area contributed by atoms with Crippen LogP contribution in [0.1, 0.15) is 27.7 Å². The Labute approximate surface area is 92.6 Å². The summed E-state index contributed by atoms with van der Waals surface area (Å²) in [5.41, 5.74) is 0. The third-order valence-corrected chi connectivity index (χ3v) is 0.943. The van der Waals surface area contributed by atoms with Gasteiger partial charge in [-0.05, 0) is 11.8 Å². The van der Waals surface area contributed by atoms with Crippen LogP contribution in [0.2, 0.25) is 0 Å². The van der Waals surface area contributed by atoms with E-state index in [-0.39, 0.29) is 32.9 Å². The number of aliphatic carboxylic acids is 2. The van der Waals surface area contributed by atoms with Crippen LogP contribution in [0.25, 0.3) is 0 Å². The summed E-state index contributed by atoms with van der Waals surface area (Å²) in [6, 6.07) is 0. The van der Waals surface area contributed by atoms with Crippen molar-refractivity contribution in [1.29, 1.82) is 0 Å². The number of carboxylic acid groups (broad SMARTS) is 2. The molecular formula is C8H14MoO4. The Morgan fingerprint density at radius 3 is 0.923 bits per heavy atom. The molecule has 4 nitrogen and oxygen atoms in total. The standard InChI is InChI=1S/2C4H8O2.Mo/c2*1-3(2)4(5)6;/h2*3H,1-2H3,(H,5,6);/q;;+2/p-2. The molecule has 0 unspecified atom stereocenters. The van der Waals surface area contributed by atoms with Crippen LogP contribution in [-0.2, 0) is 30.7 Å². The third kappa shape index (κ3) is 18.5. The largest absolute Gasteiger partial charge is 2.00 e. The Balaban J connectivity index is -0.000000143. The van der Waals surface area contributed by atoms with E-state index in [1.807, 2.05) is 0 Å². The summed E-state index contributed by atoms with van der Waals surface area (Å²) in [7, 11) is 0. The number of hydrogen-bond acceptors (Lipinski definition) is 4. The van der Waals surface area contributed by atoms with Crippen molar-refractivity contribution in [3.8, 4) is 0 Å². The SMILES string of the molecule is CC(C)C(=O)[O-].CC(C)C(=O)[O-].[Mo+2]. The topological polar surface area (TPSA) is 80.3 Å². The van der Waals surface area contributed by atoms with Crippen molar-refractivity contribution >= 4 is 11.9 Å². The molecule has 5 heteroatoms. The van der Waals surface area contributed by atoms with Gasteiger partial charge in [-0.2, -0.15) is 0 Å². The van der Waals surface area contributed by atoms with Gasteiger partial charge in [0, 0.05) is 11.9 Å². The van der Waals surface area contributed by atoms with E-state index in [1.165, 1.54) is 0 Å². The van der Waals surface area contributed by atoms with Gasteiger partial charge >= 0.3 is 21.1 Å². The van der Waals surface area contributed by atoms with E-state index in [4.69, 9.17) is 0 Å². The molecule has 0 spiro atoms. The first-order chi connectivity index (χ1) is 5.29. The summed E-state index contributed by atoms with van der Waals surface area (Å²) in [6.45, 7) is 6.31. The molecule has 0 aromatic carbocycles. The Bertz CT molecular complexity index is 136. The zero-order chi connectivity index (χ0) is 10.3. The molecule has 0 bridgehead atoms. The second-order valence-corrected chi connectivity index (χ2v) is 2.95. The first-order valence-electron chi connectivity index (χ1n) is 3.70. The van der Waals surface area contributed by atoms with Crippen LogP contribution in [0, 0.1) is 11.8 Å². The van der Waals surface area contributed by atoms with Crippen LogP contribution >= 0.6 is 0 Å². The molecule has 0 N–H and O–H groups in total. The molecule has 0 heterocycles. The summed E-state index contributed by atoms with van der Waals surface area (Å²) in [5, 5.41) is 19.2. The van der Waals surface area contributed by atoms with E-state index in [9.17, 15) is 19.8 Å². The van der Waals surface area contributed by atoms with Gasteiger partial charge in [-0.1, -0.05) is 27.7 Å². The number of carbonyl (C=O) groups excluding carboxylic acids is 2. The van der Waals surface area contributed by atoms with Crippen molar-refractivity contribution in [2.24, 2.45) is 11.8 Å². The first-order valence-corrected chi connectivity index (χ1v) is 3.70. The third-order valence-electron chi connectivity index (χ3n) is 0.943. The van der Waals surface area contributed by atoms with E-state index in [2.05, 4.69) is 0 Å². The minimum atomic E-state index is -0.991. The normalized spacial score (nSPS) is 8.46. The van der Waals surface area contributed by atoms with Gasteiger partial charge in [0.15, 0.2) is 0 Å². The van der Waals surface area contributed by atoms with Gasteiger partial charge in [-0.15, -0.1) is 0 Å². The van der Waals surface area contributed by atoms with E-state index < -0.39 is 11.9 Å². The van der Waals surface area contributed by atoms with Crippen molar-refractivity contribution in [3.05, 3.63) is 0 Å². The number of hydrogen-bond donors (Lipinski definition) is 0. The molecule has 0 saturated carbocycles. The predicted molar refractivity (Wildman–Crippen MR) is 39.7 cm³/mol. The van der Waals surface area contributed by atoms with Crippen LogP contribution in [0.5, 0.6) is 0 Å².